The molecule has 2 aliphatic rings. The van der Waals surface area contributed by atoms with E-state index in [1.807, 2.05) is 46.8 Å². The summed E-state index contributed by atoms with van der Waals surface area (Å²) < 4.78 is 17.0. The van der Waals surface area contributed by atoms with E-state index in [2.05, 4.69) is 0 Å². The van der Waals surface area contributed by atoms with Gasteiger partial charge in [-0.05, 0) is 41.0 Å². The van der Waals surface area contributed by atoms with Gasteiger partial charge in [0.1, 0.15) is 17.4 Å². The van der Waals surface area contributed by atoms with Crippen LogP contribution in [0.1, 0.15) is 41.0 Å². The Morgan fingerprint density at radius 1 is 1.35 bits per heavy atom. The Hall–Kier alpha value is -1.07. The summed E-state index contributed by atoms with van der Waals surface area (Å²) in [6, 6.07) is -0.0450. The Morgan fingerprint density at radius 2 is 2.05 bits per heavy atom. The molecule has 0 bridgehead atoms. The molecule has 20 heavy (non-hydrogen) atoms. The van der Waals surface area contributed by atoms with Crippen molar-refractivity contribution < 1.29 is 19.0 Å². The molecule has 0 aromatic heterocycles. The summed E-state index contributed by atoms with van der Waals surface area (Å²) >= 11 is 0. The molecule has 1 amide bonds. The lowest BCUT2D eigenvalue weighted by molar-refractivity contribution is -0.0911. The second-order valence-corrected chi connectivity index (χ2v) is 6.77. The normalized spacial score (nSPS) is 29.6. The van der Waals surface area contributed by atoms with Gasteiger partial charge in [-0.1, -0.05) is 12.2 Å². The van der Waals surface area contributed by atoms with Gasteiger partial charge < -0.3 is 14.2 Å². The molecule has 2 atom stereocenters. The molecular formula is C15H25NO4. The second-order valence-electron chi connectivity index (χ2n) is 6.77. The fourth-order valence-electron chi connectivity index (χ4n) is 2.70. The average molecular weight is 283 g/mol. The number of hydrogen-bond donors (Lipinski definition) is 0. The summed E-state index contributed by atoms with van der Waals surface area (Å²) in [4.78, 5) is 14.2. The first-order chi connectivity index (χ1) is 9.21. The predicted molar refractivity (Wildman–Crippen MR) is 75.4 cm³/mol. The first-order valence-corrected chi connectivity index (χ1v) is 7.13. The summed E-state index contributed by atoms with van der Waals surface area (Å²) in [6.45, 7) is 10.5. The zero-order valence-electron chi connectivity index (χ0n) is 13.0. The lowest BCUT2D eigenvalue weighted by Gasteiger charge is -2.35. The van der Waals surface area contributed by atoms with Crippen molar-refractivity contribution in [3.05, 3.63) is 12.2 Å². The van der Waals surface area contributed by atoms with E-state index in [4.69, 9.17) is 14.2 Å². The van der Waals surface area contributed by atoms with E-state index < -0.39 is 11.3 Å². The highest BCUT2D eigenvalue weighted by molar-refractivity contribution is 5.70. The van der Waals surface area contributed by atoms with Gasteiger partial charge in [-0.3, -0.25) is 4.90 Å². The molecule has 5 heteroatoms. The van der Waals surface area contributed by atoms with Crippen LogP contribution in [0.4, 0.5) is 4.79 Å². The van der Waals surface area contributed by atoms with Crippen LogP contribution in [-0.2, 0) is 14.2 Å². The lowest BCUT2D eigenvalue weighted by Crippen LogP contribution is -2.50. The minimum atomic E-state index is -0.681. The van der Waals surface area contributed by atoms with Crippen LogP contribution in [0.2, 0.25) is 0 Å². The average Bonchev–Trinajstić information content (AvgIpc) is 2.47. The molecular weight excluding hydrogens is 258 g/mol. The minimum absolute atomic E-state index is 0.0450. The highest BCUT2D eigenvalue weighted by Crippen LogP contribution is 2.36. The van der Waals surface area contributed by atoms with Crippen LogP contribution in [-0.4, -0.2) is 47.7 Å². The highest BCUT2D eigenvalue weighted by atomic mass is 16.6. The molecule has 0 aliphatic carbocycles. The predicted octanol–water partition coefficient (Wildman–Crippen LogP) is 2.70. The van der Waals surface area contributed by atoms with E-state index in [0.717, 1.165) is 6.42 Å². The van der Waals surface area contributed by atoms with Crippen LogP contribution < -0.4 is 0 Å². The van der Waals surface area contributed by atoms with Crippen LogP contribution in [0.5, 0.6) is 0 Å². The van der Waals surface area contributed by atoms with Crippen molar-refractivity contribution in [2.45, 2.75) is 64.5 Å². The number of amides is 1. The lowest BCUT2D eigenvalue weighted by atomic mass is 10.1. The van der Waals surface area contributed by atoms with Crippen LogP contribution in [0, 0.1) is 0 Å². The maximum atomic E-state index is 12.5. The highest BCUT2D eigenvalue weighted by Gasteiger charge is 2.50. The summed E-state index contributed by atoms with van der Waals surface area (Å²) in [6.07, 6.45) is 4.34. The molecule has 2 aliphatic heterocycles. The molecule has 0 radical (unpaired) electrons. The molecule has 5 nitrogen and oxygen atoms in total. The molecule has 2 unspecified atom stereocenters. The van der Waals surface area contributed by atoms with E-state index >= 15 is 0 Å². The third-order valence-corrected chi connectivity index (χ3v) is 3.41. The van der Waals surface area contributed by atoms with Gasteiger partial charge >= 0.3 is 6.09 Å². The molecule has 0 spiro atoms. The third-order valence-electron chi connectivity index (χ3n) is 3.41. The molecule has 114 valence electrons. The summed E-state index contributed by atoms with van der Waals surface area (Å²) in [7, 11) is 0. The van der Waals surface area contributed by atoms with Crippen LogP contribution in [0.3, 0.4) is 0 Å². The standard InChI is InChI=1S/C15H25NO4/c1-14(2,3)20-13(17)16-11-8-6-7-9-18-10-12(11)19-15(16,4)5/h6-7,11-12H,8-10H2,1-5H3. The maximum absolute atomic E-state index is 12.5. The molecule has 2 heterocycles. The second kappa shape index (κ2) is 5.37. The number of carbonyl (C=O) groups excluding carboxylic acids is 1. The monoisotopic (exact) mass is 283 g/mol. The van der Waals surface area contributed by atoms with E-state index in [9.17, 15) is 4.79 Å². The first-order valence-electron chi connectivity index (χ1n) is 7.13. The van der Waals surface area contributed by atoms with Gasteiger partial charge in [-0.25, -0.2) is 4.79 Å². The molecule has 0 N–H and O–H groups in total. The summed E-state index contributed by atoms with van der Waals surface area (Å²) in [5, 5.41) is 0. The summed E-state index contributed by atoms with van der Waals surface area (Å²) in [5.74, 6) is 0. The van der Waals surface area contributed by atoms with E-state index in [1.54, 1.807) is 4.90 Å². The van der Waals surface area contributed by atoms with Gasteiger partial charge in [0.05, 0.1) is 19.3 Å². The van der Waals surface area contributed by atoms with Gasteiger partial charge in [0, 0.05) is 0 Å². The zero-order chi connectivity index (χ0) is 15.0. The van der Waals surface area contributed by atoms with Gasteiger partial charge in [-0.15, -0.1) is 0 Å². The molecule has 1 saturated heterocycles. The number of ether oxygens (including phenoxy) is 3. The van der Waals surface area contributed by atoms with Crippen molar-refractivity contribution >= 4 is 6.09 Å². The van der Waals surface area contributed by atoms with E-state index in [1.165, 1.54) is 0 Å². The number of hydrogen-bond acceptors (Lipinski definition) is 4. The Bertz CT molecular complexity index is 397. The van der Waals surface area contributed by atoms with Crippen molar-refractivity contribution in [2.75, 3.05) is 13.2 Å². The van der Waals surface area contributed by atoms with Crippen molar-refractivity contribution in [3.8, 4) is 0 Å². The fraction of sp³-hybridized carbons (Fsp3) is 0.800. The quantitative estimate of drug-likeness (QED) is 0.641. The number of rotatable bonds is 0. The topological polar surface area (TPSA) is 48.0 Å². The van der Waals surface area contributed by atoms with Crippen LogP contribution >= 0.6 is 0 Å². The molecule has 2 rings (SSSR count). The Kier molecular flexibility index (Phi) is 4.12. The number of carbonyl (C=O) groups is 1. The maximum Gasteiger partial charge on any atom is 0.412 e. The van der Waals surface area contributed by atoms with Crippen molar-refractivity contribution in [1.29, 1.82) is 0 Å². The molecule has 1 fully saturated rings. The minimum Gasteiger partial charge on any atom is -0.444 e. The van der Waals surface area contributed by atoms with Gasteiger partial charge in [0.15, 0.2) is 0 Å². The largest absolute Gasteiger partial charge is 0.444 e. The Labute approximate surface area is 120 Å². The van der Waals surface area contributed by atoms with Crippen LogP contribution in [0.25, 0.3) is 0 Å². The molecule has 0 saturated carbocycles. The van der Waals surface area contributed by atoms with Gasteiger partial charge in [0.2, 0.25) is 0 Å². The number of fused-ring (bicyclic) bond motifs is 1. The van der Waals surface area contributed by atoms with E-state index in [0.29, 0.717) is 13.2 Å². The fourth-order valence-corrected chi connectivity index (χ4v) is 2.70. The van der Waals surface area contributed by atoms with Gasteiger partial charge in [0.25, 0.3) is 0 Å². The SMILES string of the molecule is CC(C)(C)OC(=O)N1C2CC=CCOCC2OC1(C)C. The smallest absolute Gasteiger partial charge is 0.412 e. The molecule has 0 aromatic rings. The Morgan fingerprint density at radius 3 is 2.70 bits per heavy atom. The zero-order valence-corrected chi connectivity index (χ0v) is 13.0. The van der Waals surface area contributed by atoms with E-state index in [-0.39, 0.29) is 18.2 Å². The van der Waals surface area contributed by atoms with Crippen molar-refractivity contribution in [1.82, 2.24) is 4.90 Å². The molecule has 0 aromatic carbocycles. The Balaban J connectivity index is 2.21. The first kappa shape index (κ1) is 15.3. The third kappa shape index (κ3) is 3.33. The van der Waals surface area contributed by atoms with Crippen molar-refractivity contribution in [3.63, 3.8) is 0 Å². The summed E-state index contributed by atoms with van der Waals surface area (Å²) in [5.41, 5.74) is -1.20. The van der Waals surface area contributed by atoms with Crippen molar-refractivity contribution in [2.24, 2.45) is 0 Å². The number of nitrogens with zero attached hydrogens (tertiary/aromatic N) is 1. The van der Waals surface area contributed by atoms with Crippen LogP contribution in [0.15, 0.2) is 12.2 Å². The van der Waals surface area contributed by atoms with Gasteiger partial charge in [-0.2, -0.15) is 0 Å².